The predicted octanol–water partition coefficient (Wildman–Crippen LogP) is 3.14. The van der Waals surface area contributed by atoms with Gasteiger partial charge in [0.1, 0.15) is 0 Å². The standard InChI is InChI=1S/C10H11BrF3NO2/c1-6(16)5-15-8-3-2-7(11)4-9(8)17-10(12,13)14/h2-4,6,15-16H,5H2,1H3/t6-/m1/s1. The molecule has 0 unspecified atom stereocenters. The van der Waals surface area contributed by atoms with Crippen LogP contribution < -0.4 is 10.1 Å². The molecule has 0 radical (unpaired) electrons. The van der Waals surface area contributed by atoms with Crippen molar-refractivity contribution in [2.45, 2.75) is 19.4 Å². The number of alkyl halides is 3. The molecule has 0 aromatic heterocycles. The second-order valence-corrected chi connectivity index (χ2v) is 4.33. The van der Waals surface area contributed by atoms with Crippen LogP contribution in [0.1, 0.15) is 6.92 Å². The summed E-state index contributed by atoms with van der Waals surface area (Å²) in [6.45, 7) is 1.66. The van der Waals surface area contributed by atoms with E-state index in [0.29, 0.717) is 4.47 Å². The first-order valence-electron chi connectivity index (χ1n) is 4.75. The number of ether oxygens (including phenoxy) is 1. The van der Waals surface area contributed by atoms with Crippen molar-refractivity contribution in [3.05, 3.63) is 22.7 Å². The first kappa shape index (κ1) is 14.1. The molecule has 1 aromatic carbocycles. The van der Waals surface area contributed by atoms with Gasteiger partial charge in [-0.3, -0.25) is 0 Å². The predicted molar refractivity (Wildman–Crippen MR) is 61.0 cm³/mol. The highest BCUT2D eigenvalue weighted by Gasteiger charge is 2.32. The fraction of sp³-hybridized carbons (Fsp3) is 0.400. The van der Waals surface area contributed by atoms with Gasteiger partial charge in [0.2, 0.25) is 0 Å². The SMILES string of the molecule is C[C@@H](O)CNc1ccc(Br)cc1OC(F)(F)F. The van der Waals surface area contributed by atoms with Crippen molar-refractivity contribution in [2.75, 3.05) is 11.9 Å². The van der Waals surface area contributed by atoms with Crippen LogP contribution in [0.15, 0.2) is 22.7 Å². The number of hydrogen-bond donors (Lipinski definition) is 2. The molecule has 0 aliphatic rings. The summed E-state index contributed by atoms with van der Waals surface area (Å²) in [7, 11) is 0. The minimum atomic E-state index is -4.75. The maximum absolute atomic E-state index is 12.1. The van der Waals surface area contributed by atoms with E-state index in [1.54, 1.807) is 6.07 Å². The van der Waals surface area contributed by atoms with Crippen molar-refractivity contribution in [1.29, 1.82) is 0 Å². The number of rotatable bonds is 4. The normalized spacial score (nSPS) is 13.3. The van der Waals surface area contributed by atoms with Crippen molar-refractivity contribution in [1.82, 2.24) is 0 Å². The fourth-order valence-electron chi connectivity index (χ4n) is 1.11. The molecule has 0 amide bonds. The van der Waals surface area contributed by atoms with Crippen molar-refractivity contribution in [3.63, 3.8) is 0 Å². The minimum absolute atomic E-state index is 0.135. The fourth-order valence-corrected chi connectivity index (χ4v) is 1.45. The highest BCUT2D eigenvalue weighted by molar-refractivity contribution is 9.10. The lowest BCUT2D eigenvalue weighted by Crippen LogP contribution is -2.20. The molecule has 1 aromatic rings. The van der Waals surface area contributed by atoms with E-state index in [4.69, 9.17) is 5.11 Å². The smallest absolute Gasteiger partial charge is 0.404 e. The lowest BCUT2D eigenvalue weighted by Gasteiger charge is -2.15. The van der Waals surface area contributed by atoms with E-state index in [0.717, 1.165) is 0 Å². The van der Waals surface area contributed by atoms with Gasteiger partial charge in [0, 0.05) is 11.0 Å². The van der Waals surface area contributed by atoms with E-state index < -0.39 is 12.5 Å². The van der Waals surface area contributed by atoms with Crippen molar-refractivity contribution >= 4 is 21.6 Å². The lowest BCUT2D eigenvalue weighted by molar-refractivity contribution is -0.274. The van der Waals surface area contributed by atoms with Crippen LogP contribution in [0.25, 0.3) is 0 Å². The molecule has 0 aliphatic heterocycles. The van der Waals surface area contributed by atoms with Gasteiger partial charge in [-0.1, -0.05) is 15.9 Å². The number of hydrogen-bond acceptors (Lipinski definition) is 3. The number of benzene rings is 1. The monoisotopic (exact) mass is 313 g/mol. The van der Waals surface area contributed by atoms with Crippen molar-refractivity contribution in [2.24, 2.45) is 0 Å². The van der Waals surface area contributed by atoms with Gasteiger partial charge in [0.25, 0.3) is 0 Å². The molecular formula is C10H11BrF3NO2. The summed E-state index contributed by atoms with van der Waals surface area (Å²) in [5.41, 5.74) is 0.173. The second kappa shape index (κ2) is 5.59. The Morgan fingerprint density at radius 1 is 1.47 bits per heavy atom. The average molecular weight is 314 g/mol. The highest BCUT2D eigenvalue weighted by Crippen LogP contribution is 2.32. The maximum Gasteiger partial charge on any atom is 0.573 e. The molecule has 1 rings (SSSR count). The number of halogens is 4. The van der Waals surface area contributed by atoms with Crippen LogP contribution >= 0.6 is 15.9 Å². The molecule has 0 heterocycles. The molecular weight excluding hydrogens is 303 g/mol. The Hall–Kier alpha value is -0.950. The van der Waals surface area contributed by atoms with E-state index in [1.165, 1.54) is 19.1 Å². The average Bonchev–Trinajstić information content (AvgIpc) is 2.13. The highest BCUT2D eigenvalue weighted by atomic mass is 79.9. The molecule has 3 nitrogen and oxygen atoms in total. The molecule has 2 N–H and O–H groups in total. The van der Waals surface area contributed by atoms with E-state index in [1.807, 2.05) is 0 Å². The minimum Gasteiger partial charge on any atom is -0.404 e. The molecule has 0 spiro atoms. The second-order valence-electron chi connectivity index (χ2n) is 3.42. The van der Waals surface area contributed by atoms with Gasteiger partial charge in [-0.05, 0) is 25.1 Å². The third kappa shape index (κ3) is 5.27. The summed E-state index contributed by atoms with van der Waals surface area (Å²) in [6.07, 6.45) is -5.42. The topological polar surface area (TPSA) is 41.5 Å². The van der Waals surface area contributed by atoms with Gasteiger partial charge in [0.15, 0.2) is 5.75 Å². The van der Waals surface area contributed by atoms with Crippen LogP contribution in [-0.4, -0.2) is 24.1 Å². The van der Waals surface area contributed by atoms with Gasteiger partial charge in [-0.2, -0.15) is 0 Å². The first-order valence-corrected chi connectivity index (χ1v) is 5.54. The summed E-state index contributed by atoms with van der Waals surface area (Å²) in [4.78, 5) is 0. The summed E-state index contributed by atoms with van der Waals surface area (Å²) in [5, 5.41) is 11.7. The largest absolute Gasteiger partial charge is 0.573 e. The number of nitrogens with one attached hydrogen (secondary N) is 1. The van der Waals surface area contributed by atoms with Gasteiger partial charge in [-0.15, -0.1) is 13.2 Å². The van der Waals surface area contributed by atoms with Crippen LogP contribution in [0, 0.1) is 0 Å². The molecule has 1 atom stereocenters. The summed E-state index contributed by atoms with van der Waals surface area (Å²) >= 11 is 3.06. The van der Waals surface area contributed by atoms with Crippen LogP contribution in [-0.2, 0) is 0 Å². The molecule has 0 bridgehead atoms. The van der Waals surface area contributed by atoms with Gasteiger partial charge in [-0.25, -0.2) is 0 Å². The molecule has 0 saturated heterocycles. The van der Waals surface area contributed by atoms with E-state index in [9.17, 15) is 13.2 Å². The van der Waals surface area contributed by atoms with Gasteiger partial charge >= 0.3 is 6.36 Å². The first-order chi connectivity index (χ1) is 7.78. The van der Waals surface area contributed by atoms with Crippen LogP contribution in [0.3, 0.4) is 0 Å². The van der Waals surface area contributed by atoms with E-state index in [-0.39, 0.29) is 18.0 Å². The van der Waals surface area contributed by atoms with Crippen LogP contribution in [0.2, 0.25) is 0 Å². The third-order valence-electron chi connectivity index (χ3n) is 1.76. The Kier molecular flexibility index (Phi) is 4.64. The molecule has 0 fully saturated rings. The molecule has 96 valence electrons. The summed E-state index contributed by atoms with van der Waals surface area (Å²) < 4.78 is 40.8. The zero-order valence-electron chi connectivity index (χ0n) is 8.88. The van der Waals surface area contributed by atoms with Gasteiger partial charge < -0.3 is 15.2 Å². The molecule has 7 heteroatoms. The third-order valence-corrected chi connectivity index (χ3v) is 2.25. The Balaban J connectivity index is 2.88. The summed E-state index contributed by atoms with van der Waals surface area (Å²) in [5.74, 6) is -0.340. The summed E-state index contributed by atoms with van der Waals surface area (Å²) in [6, 6.07) is 4.22. The Morgan fingerprint density at radius 3 is 2.65 bits per heavy atom. The quantitative estimate of drug-likeness (QED) is 0.897. The molecule has 0 aliphatic carbocycles. The van der Waals surface area contributed by atoms with Gasteiger partial charge in [0.05, 0.1) is 11.8 Å². The zero-order valence-corrected chi connectivity index (χ0v) is 10.5. The lowest BCUT2D eigenvalue weighted by atomic mass is 10.3. The van der Waals surface area contributed by atoms with E-state index in [2.05, 4.69) is 26.0 Å². The van der Waals surface area contributed by atoms with Crippen LogP contribution in [0.4, 0.5) is 18.9 Å². The Labute approximate surface area is 105 Å². The molecule has 0 saturated carbocycles. The Morgan fingerprint density at radius 2 is 2.12 bits per heavy atom. The number of aliphatic hydroxyl groups is 1. The molecule has 17 heavy (non-hydrogen) atoms. The van der Waals surface area contributed by atoms with E-state index >= 15 is 0 Å². The Bertz CT molecular complexity index is 382. The number of aliphatic hydroxyl groups excluding tert-OH is 1. The van der Waals surface area contributed by atoms with Crippen LogP contribution in [0.5, 0.6) is 5.75 Å². The maximum atomic E-state index is 12.1. The van der Waals surface area contributed by atoms with Crippen molar-refractivity contribution in [3.8, 4) is 5.75 Å². The van der Waals surface area contributed by atoms with Crippen molar-refractivity contribution < 1.29 is 23.0 Å². The zero-order chi connectivity index (χ0) is 13.1. The number of anilines is 1.